The van der Waals surface area contributed by atoms with Gasteiger partial charge < -0.3 is 4.74 Å². The molecule has 0 radical (unpaired) electrons. The van der Waals surface area contributed by atoms with E-state index in [2.05, 4.69) is 19.1 Å². The van der Waals surface area contributed by atoms with Crippen molar-refractivity contribution in [2.75, 3.05) is 6.61 Å². The predicted molar refractivity (Wildman–Crippen MR) is 45.1 cm³/mol. The number of hydrogen-bond acceptors (Lipinski definition) is 1. The first-order chi connectivity index (χ1) is 5.38. The molecule has 0 spiro atoms. The molecule has 60 valence electrons. The third kappa shape index (κ3) is 1.20. The maximum Gasteiger partial charge on any atom is 0.102 e. The first-order valence-corrected chi connectivity index (χ1v) is 4.38. The van der Waals surface area contributed by atoms with Crippen LogP contribution in [0.1, 0.15) is 26.2 Å². The molecule has 1 atom stereocenters. The second kappa shape index (κ2) is 2.72. The van der Waals surface area contributed by atoms with Gasteiger partial charge >= 0.3 is 0 Å². The van der Waals surface area contributed by atoms with Gasteiger partial charge in [0.2, 0.25) is 0 Å². The Balaban J connectivity index is 2.25. The first kappa shape index (κ1) is 6.96. The highest BCUT2D eigenvalue weighted by atomic mass is 16.5. The van der Waals surface area contributed by atoms with Crippen molar-refractivity contribution >= 4 is 0 Å². The van der Waals surface area contributed by atoms with Gasteiger partial charge in [0, 0.05) is 5.92 Å². The Morgan fingerprint density at radius 2 is 2.45 bits per heavy atom. The van der Waals surface area contributed by atoms with Crippen LogP contribution in [0.15, 0.2) is 23.5 Å². The Bertz CT molecular complexity index is 213. The fourth-order valence-corrected chi connectivity index (χ4v) is 1.91. The molecular weight excluding hydrogens is 136 g/mol. The van der Waals surface area contributed by atoms with E-state index < -0.39 is 0 Å². The average molecular weight is 150 g/mol. The van der Waals surface area contributed by atoms with Crippen LogP contribution in [-0.4, -0.2) is 6.61 Å². The van der Waals surface area contributed by atoms with Crippen LogP contribution in [-0.2, 0) is 4.74 Å². The molecule has 0 saturated carbocycles. The molecule has 1 heteroatoms. The monoisotopic (exact) mass is 150 g/mol. The molecule has 0 aromatic rings. The third-order valence-electron chi connectivity index (χ3n) is 2.50. The van der Waals surface area contributed by atoms with Crippen LogP contribution in [0.4, 0.5) is 0 Å². The maximum absolute atomic E-state index is 5.62. The van der Waals surface area contributed by atoms with E-state index >= 15 is 0 Å². The zero-order chi connectivity index (χ0) is 7.68. The fraction of sp³-hybridized carbons (Fsp3) is 0.600. The SMILES string of the molecule is CC1=C2OCCCC2CC=C1. The number of ether oxygens (including phenoxy) is 1. The lowest BCUT2D eigenvalue weighted by Gasteiger charge is -2.28. The van der Waals surface area contributed by atoms with Crippen molar-refractivity contribution in [3.05, 3.63) is 23.5 Å². The molecule has 0 aromatic heterocycles. The zero-order valence-corrected chi connectivity index (χ0v) is 6.97. The number of fused-ring (bicyclic) bond motifs is 1. The minimum Gasteiger partial charge on any atom is -0.497 e. The largest absolute Gasteiger partial charge is 0.497 e. The molecular formula is C10H14O. The van der Waals surface area contributed by atoms with E-state index in [0.29, 0.717) is 5.92 Å². The molecule has 1 saturated heterocycles. The minimum atomic E-state index is 0.703. The number of rotatable bonds is 0. The molecule has 0 bridgehead atoms. The standard InChI is InChI=1S/C10H14O/c1-8-4-2-5-9-6-3-7-11-10(8)9/h2,4,9H,3,5-7H2,1H3. The number of hydrogen-bond donors (Lipinski definition) is 0. The molecule has 1 nitrogen and oxygen atoms in total. The molecule has 0 aromatic carbocycles. The van der Waals surface area contributed by atoms with E-state index in [1.54, 1.807) is 0 Å². The van der Waals surface area contributed by atoms with Gasteiger partial charge in [-0.1, -0.05) is 12.2 Å². The average Bonchev–Trinajstić information content (AvgIpc) is 2.06. The first-order valence-electron chi connectivity index (χ1n) is 4.38. The molecule has 1 aliphatic heterocycles. The van der Waals surface area contributed by atoms with Gasteiger partial charge in [0.25, 0.3) is 0 Å². The lowest BCUT2D eigenvalue weighted by Crippen LogP contribution is -2.17. The fourth-order valence-electron chi connectivity index (χ4n) is 1.91. The summed E-state index contributed by atoms with van der Waals surface area (Å²) in [6, 6.07) is 0. The topological polar surface area (TPSA) is 9.23 Å². The van der Waals surface area contributed by atoms with Gasteiger partial charge in [0.1, 0.15) is 5.76 Å². The highest BCUT2D eigenvalue weighted by Crippen LogP contribution is 2.32. The summed E-state index contributed by atoms with van der Waals surface area (Å²) in [5.41, 5.74) is 1.33. The summed E-state index contributed by atoms with van der Waals surface area (Å²) in [6.07, 6.45) is 8.17. The molecule has 1 aliphatic carbocycles. The summed E-state index contributed by atoms with van der Waals surface area (Å²) in [6.45, 7) is 3.07. The van der Waals surface area contributed by atoms with Crippen LogP contribution in [0.25, 0.3) is 0 Å². The summed E-state index contributed by atoms with van der Waals surface area (Å²) in [5, 5.41) is 0. The van der Waals surface area contributed by atoms with E-state index in [-0.39, 0.29) is 0 Å². The van der Waals surface area contributed by atoms with Gasteiger partial charge in [-0.15, -0.1) is 0 Å². The smallest absolute Gasteiger partial charge is 0.102 e. The Morgan fingerprint density at radius 3 is 3.27 bits per heavy atom. The van der Waals surface area contributed by atoms with Crippen LogP contribution < -0.4 is 0 Å². The third-order valence-corrected chi connectivity index (χ3v) is 2.50. The van der Waals surface area contributed by atoms with Crippen LogP contribution in [0.3, 0.4) is 0 Å². The van der Waals surface area contributed by atoms with Gasteiger partial charge in [0.15, 0.2) is 0 Å². The lowest BCUT2D eigenvalue weighted by atomic mass is 9.89. The summed E-state index contributed by atoms with van der Waals surface area (Å²) in [5.74, 6) is 1.97. The molecule has 1 fully saturated rings. The Hall–Kier alpha value is -0.720. The molecule has 2 aliphatic rings. The van der Waals surface area contributed by atoms with E-state index in [1.165, 1.54) is 30.6 Å². The van der Waals surface area contributed by atoms with Crippen LogP contribution in [0.2, 0.25) is 0 Å². The molecule has 0 N–H and O–H groups in total. The molecule has 1 heterocycles. The van der Waals surface area contributed by atoms with E-state index in [0.717, 1.165) is 6.61 Å². The van der Waals surface area contributed by atoms with Crippen LogP contribution in [0.5, 0.6) is 0 Å². The number of allylic oxidation sites excluding steroid dienone is 4. The van der Waals surface area contributed by atoms with E-state index in [9.17, 15) is 0 Å². The predicted octanol–water partition coefficient (Wildman–Crippen LogP) is 2.65. The van der Waals surface area contributed by atoms with E-state index in [4.69, 9.17) is 4.74 Å². The van der Waals surface area contributed by atoms with Crippen LogP contribution in [0, 0.1) is 5.92 Å². The maximum atomic E-state index is 5.62. The summed E-state index contributed by atoms with van der Waals surface area (Å²) >= 11 is 0. The van der Waals surface area contributed by atoms with Gasteiger partial charge in [-0.25, -0.2) is 0 Å². The lowest BCUT2D eigenvalue weighted by molar-refractivity contribution is 0.124. The van der Waals surface area contributed by atoms with Crippen molar-refractivity contribution in [3.8, 4) is 0 Å². The van der Waals surface area contributed by atoms with Crippen molar-refractivity contribution in [2.24, 2.45) is 5.92 Å². The molecule has 1 unspecified atom stereocenters. The van der Waals surface area contributed by atoms with Crippen molar-refractivity contribution < 1.29 is 4.74 Å². The summed E-state index contributed by atoms with van der Waals surface area (Å²) in [4.78, 5) is 0. The molecule has 2 rings (SSSR count). The zero-order valence-electron chi connectivity index (χ0n) is 6.97. The normalized spacial score (nSPS) is 29.7. The van der Waals surface area contributed by atoms with Gasteiger partial charge in [-0.2, -0.15) is 0 Å². The van der Waals surface area contributed by atoms with Gasteiger partial charge in [-0.3, -0.25) is 0 Å². The highest BCUT2D eigenvalue weighted by molar-refractivity contribution is 5.26. The van der Waals surface area contributed by atoms with Crippen molar-refractivity contribution in [1.82, 2.24) is 0 Å². The van der Waals surface area contributed by atoms with Gasteiger partial charge in [-0.05, 0) is 31.8 Å². The summed E-state index contributed by atoms with van der Waals surface area (Å²) in [7, 11) is 0. The van der Waals surface area contributed by atoms with Crippen LogP contribution >= 0.6 is 0 Å². The second-order valence-corrected chi connectivity index (χ2v) is 3.37. The quantitative estimate of drug-likeness (QED) is 0.516. The molecule has 0 amide bonds. The Morgan fingerprint density at radius 1 is 1.55 bits per heavy atom. The summed E-state index contributed by atoms with van der Waals surface area (Å²) < 4.78 is 5.62. The van der Waals surface area contributed by atoms with Crippen molar-refractivity contribution in [2.45, 2.75) is 26.2 Å². The minimum absolute atomic E-state index is 0.703. The highest BCUT2D eigenvalue weighted by Gasteiger charge is 2.22. The molecule has 11 heavy (non-hydrogen) atoms. The van der Waals surface area contributed by atoms with Gasteiger partial charge in [0.05, 0.1) is 6.61 Å². The Labute approximate surface area is 67.7 Å². The van der Waals surface area contributed by atoms with Crippen molar-refractivity contribution in [3.63, 3.8) is 0 Å². The van der Waals surface area contributed by atoms with E-state index in [1.807, 2.05) is 0 Å². The van der Waals surface area contributed by atoms with Crippen molar-refractivity contribution in [1.29, 1.82) is 0 Å². The Kier molecular flexibility index (Phi) is 1.72. The second-order valence-electron chi connectivity index (χ2n) is 3.37.